The van der Waals surface area contributed by atoms with Crippen LogP contribution in [-0.4, -0.2) is 37.2 Å². The van der Waals surface area contributed by atoms with Gasteiger partial charge in [0.1, 0.15) is 13.2 Å². The second kappa shape index (κ2) is 69.6. The molecule has 6 heteroatoms. The Morgan fingerprint density at radius 3 is 0.793 bits per heavy atom. The molecule has 0 N–H and O–H groups in total. The lowest BCUT2D eigenvalue weighted by atomic mass is 10.0. The molecule has 470 valence electrons. The molecule has 0 aliphatic carbocycles. The minimum absolute atomic E-state index is 0.103. The van der Waals surface area contributed by atoms with E-state index in [0.29, 0.717) is 19.3 Å². The standard InChI is InChI=1S/C76H130O6/c1-4-7-10-13-16-19-22-25-28-30-32-34-36-37-38-39-41-42-44-46-48-51-54-57-60-63-66-69-75(78)81-72-73(71-80-74(77)68-65-62-59-56-53-50-27-24-21-18-15-12-9-6-3)82-76(79)70-67-64-61-58-55-52-49-47-45-43-40-35-33-31-29-26-23-20-17-14-11-8-5-2/h8,11,17,20,24,26-27,29-30,32-33,35,43,45,49,52,58,61,73H,4-7,9-10,12-16,18-19,21-23,25,28,31,34,36-42,44,46-48,50-51,53-57,59-60,62-72H2,1-3H3/b11-8-,20-17-,27-24-,29-26-,32-30-,35-33-,45-43-,52-49-,61-58-. The Bertz CT molecular complexity index is 1640. The molecule has 0 aromatic rings. The summed E-state index contributed by atoms with van der Waals surface area (Å²) >= 11 is 0. The van der Waals surface area contributed by atoms with Crippen LogP contribution in [0, 0.1) is 0 Å². The van der Waals surface area contributed by atoms with Crippen LogP contribution in [0.3, 0.4) is 0 Å². The van der Waals surface area contributed by atoms with Gasteiger partial charge >= 0.3 is 17.9 Å². The number of rotatable bonds is 63. The third-order valence-electron chi connectivity index (χ3n) is 15.0. The average molecular weight is 1140 g/mol. The molecular weight excluding hydrogens is 1010 g/mol. The van der Waals surface area contributed by atoms with Gasteiger partial charge in [-0.1, -0.05) is 304 Å². The second-order valence-electron chi connectivity index (χ2n) is 23.1. The Labute approximate surface area is 508 Å². The minimum atomic E-state index is -0.815. The molecule has 82 heavy (non-hydrogen) atoms. The van der Waals surface area contributed by atoms with Crippen molar-refractivity contribution in [2.75, 3.05) is 13.2 Å². The van der Waals surface area contributed by atoms with Crippen LogP contribution in [0.15, 0.2) is 109 Å². The molecular formula is C76H130O6. The highest BCUT2D eigenvalue weighted by Crippen LogP contribution is 2.17. The highest BCUT2D eigenvalue weighted by molar-refractivity contribution is 5.71. The summed E-state index contributed by atoms with van der Waals surface area (Å²) in [7, 11) is 0. The molecule has 0 rings (SSSR count). The first-order valence-electron chi connectivity index (χ1n) is 34.9. The maximum Gasteiger partial charge on any atom is 0.306 e. The van der Waals surface area contributed by atoms with Gasteiger partial charge in [0.2, 0.25) is 0 Å². The summed E-state index contributed by atoms with van der Waals surface area (Å²) in [6.45, 7) is 6.50. The van der Waals surface area contributed by atoms with Gasteiger partial charge in [-0.3, -0.25) is 14.4 Å². The molecule has 6 nitrogen and oxygen atoms in total. The van der Waals surface area contributed by atoms with Crippen molar-refractivity contribution in [3.63, 3.8) is 0 Å². The third kappa shape index (κ3) is 66.9. The smallest absolute Gasteiger partial charge is 0.306 e. The van der Waals surface area contributed by atoms with Crippen LogP contribution >= 0.6 is 0 Å². The van der Waals surface area contributed by atoms with Crippen molar-refractivity contribution in [2.45, 2.75) is 341 Å². The van der Waals surface area contributed by atoms with Crippen LogP contribution in [0.1, 0.15) is 335 Å². The lowest BCUT2D eigenvalue weighted by Gasteiger charge is -2.18. The van der Waals surface area contributed by atoms with Crippen LogP contribution in [0.2, 0.25) is 0 Å². The average Bonchev–Trinajstić information content (AvgIpc) is 3.47. The van der Waals surface area contributed by atoms with Crippen molar-refractivity contribution in [1.29, 1.82) is 0 Å². The SMILES string of the molecule is CC/C=C\C/C=C\C/C=C\C/C=C\C/C=C\C/C=C\C/C=C\CCCC(=O)OC(COC(=O)CCCCCCC/C=C\CCCCCCC)COC(=O)CCCCCCCCCCCCCCCCC/C=C\CCCCCCCCCC. The van der Waals surface area contributed by atoms with Gasteiger partial charge in [-0.05, 0) is 122 Å². The van der Waals surface area contributed by atoms with Gasteiger partial charge in [0.05, 0.1) is 0 Å². The quantitative estimate of drug-likeness (QED) is 0.0261. The fraction of sp³-hybridized carbons (Fsp3) is 0.724. The van der Waals surface area contributed by atoms with E-state index >= 15 is 0 Å². The van der Waals surface area contributed by atoms with E-state index in [1.54, 1.807) is 0 Å². The molecule has 0 radical (unpaired) electrons. The van der Waals surface area contributed by atoms with E-state index < -0.39 is 6.10 Å². The van der Waals surface area contributed by atoms with Crippen LogP contribution in [-0.2, 0) is 28.6 Å². The maximum atomic E-state index is 12.9. The predicted molar refractivity (Wildman–Crippen MR) is 357 cm³/mol. The lowest BCUT2D eigenvalue weighted by molar-refractivity contribution is -0.167. The van der Waals surface area contributed by atoms with E-state index in [1.165, 1.54) is 186 Å². The molecule has 0 aromatic heterocycles. The molecule has 0 aliphatic rings. The summed E-state index contributed by atoms with van der Waals surface area (Å²) in [5, 5.41) is 0. The first kappa shape index (κ1) is 78.1. The minimum Gasteiger partial charge on any atom is -0.462 e. The van der Waals surface area contributed by atoms with Crippen molar-refractivity contribution in [3.05, 3.63) is 109 Å². The molecule has 0 aliphatic heterocycles. The monoisotopic (exact) mass is 1140 g/mol. The topological polar surface area (TPSA) is 78.9 Å². The Kier molecular flexibility index (Phi) is 66.2. The first-order valence-corrected chi connectivity index (χ1v) is 34.9. The summed E-state index contributed by atoms with van der Waals surface area (Å²) in [6.07, 6.45) is 95.5. The second-order valence-corrected chi connectivity index (χ2v) is 23.1. The molecule has 1 atom stereocenters. The Morgan fingerprint density at radius 2 is 0.488 bits per heavy atom. The Hall–Kier alpha value is -3.93. The number of unbranched alkanes of at least 4 members (excludes halogenated alkanes) is 34. The van der Waals surface area contributed by atoms with Crippen LogP contribution in [0.4, 0.5) is 0 Å². The number of hydrogen-bond donors (Lipinski definition) is 0. The molecule has 0 fully saturated rings. The van der Waals surface area contributed by atoms with Gasteiger partial charge in [0.25, 0.3) is 0 Å². The number of hydrogen-bond acceptors (Lipinski definition) is 6. The van der Waals surface area contributed by atoms with E-state index in [0.717, 1.165) is 103 Å². The normalized spacial score (nSPS) is 12.8. The molecule has 0 heterocycles. The number of ether oxygens (including phenoxy) is 3. The van der Waals surface area contributed by atoms with Gasteiger partial charge in [-0.25, -0.2) is 0 Å². The van der Waals surface area contributed by atoms with Gasteiger partial charge in [0.15, 0.2) is 6.10 Å². The van der Waals surface area contributed by atoms with Gasteiger partial charge < -0.3 is 14.2 Å². The lowest BCUT2D eigenvalue weighted by Crippen LogP contribution is -2.30. The molecule has 0 saturated heterocycles. The van der Waals surface area contributed by atoms with Crippen LogP contribution in [0.5, 0.6) is 0 Å². The number of allylic oxidation sites excluding steroid dienone is 18. The molecule has 0 amide bonds. The van der Waals surface area contributed by atoms with Crippen LogP contribution < -0.4 is 0 Å². The fourth-order valence-corrected chi connectivity index (χ4v) is 9.78. The number of carbonyl (C=O) groups is 3. The molecule has 0 spiro atoms. The van der Waals surface area contributed by atoms with E-state index in [4.69, 9.17) is 14.2 Å². The Morgan fingerprint density at radius 1 is 0.256 bits per heavy atom. The van der Waals surface area contributed by atoms with Gasteiger partial charge in [-0.2, -0.15) is 0 Å². The molecule has 1 unspecified atom stereocenters. The van der Waals surface area contributed by atoms with E-state index in [1.807, 2.05) is 0 Å². The van der Waals surface area contributed by atoms with Crippen molar-refractivity contribution in [2.24, 2.45) is 0 Å². The third-order valence-corrected chi connectivity index (χ3v) is 15.0. The summed E-state index contributed by atoms with van der Waals surface area (Å²) in [5.41, 5.74) is 0. The van der Waals surface area contributed by atoms with Crippen molar-refractivity contribution >= 4 is 17.9 Å². The maximum absolute atomic E-state index is 12.9. The van der Waals surface area contributed by atoms with Gasteiger partial charge in [0, 0.05) is 19.3 Å². The fourth-order valence-electron chi connectivity index (χ4n) is 9.78. The summed E-state index contributed by atoms with van der Waals surface area (Å²) in [4.78, 5) is 38.4. The highest BCUT2D eigenvalue weighted by Gasteiger charge is 2.19. The van der Waals surface area contributed by atoms with Crippen molar-refractivity contribution < 1.29 is 28.6 Å². The molecule has 0 bridgehead atoms. The Balaban J connectivity index is 4.38. The highest BCUT2D eigenvalue weighted by atomic mass is 16.6. The summed E-state index contributed by atoms with van der Waals surface area (Å²) in [5.74, 6) is -0.961. The largest absolute Gasteiger partial charge is 0.462 e. The molecule has 0 saturated carbocycles. The zero-order chi connectivity index (χ0) is 59.2. The van der Waals surface area contributed by atoms with E-state index in [9.17, 15) is 14.4 Å². The summed E-state index contributed by atoms with van der Waals surface area (Å²) < 4.78 is 16.9. The zero-order valence-electron chi connectivity index (χ0n) is 54.0. The first-order chi connectivity index (χ1) is 40.5. The molecule has 0 aromatic carbocycles. The summed E-state index contributed by atoms with van der Waals surface area (Å²) in [6, 6.07) is 0. The van der Waals surface area contributed by atoms with Gasteiger partial charge in [-0.15, -0.1) is 0 Å². The van der Waals surface area contributed by atoms with Crippen LogP contribution in [0.25, 0.3) is 0 Å². The van der Waals surface area contributed by atoms with Crippen molar-refractivity contribution in [1.82, 2.24) is 0 Å². The van der Waals surface area contributed by atoms with Crippen molar-refractivity contribution in [3.8, 4) is 0 Å². The van der Waals surface area contributed by atoms with E-state index in [-0.39, 0.29) is 37.5 Å². The predicted octanol–water partition coefficient (Wildman–Crippen LogP) is 24.2. The van der Waals surface area contributed by atoms with E-state index in [2.05, 4.69) is 130 Å². The zero-order valence-corrected chi connectivity index (χ0v) is 54.0. The number of esters is 3. The number of carbonyl (C=O) groups excluding carboxylic acids is 3.